The molecule has 2 aromatic rings. The van der Waals surface area contributed by atoms with Gasteiger partial charge in [-0.15, -0.1) is 11.3 Å². The minimum absolute atomic E-state index is 0.312. The summed E-state index contributed by atoms with van der Waals surface area (Å²) in [6.07, 6.45) is -0.876. The predicted octanol–water partition coefficient (Wildman–Crippen LogP) is 1.85. The molecule has 1 unspecified atom stereocenters. The Bertz CT molecular complexity index is 546. The first-order valence-electron chi connectivity index (χ1n) is 5.10. The van der Waals surface area contributed by atoms with Crippen molar-refractivity contribution in [3.05, 3.63) is 29.1 Å². The van der Waals surface area contributed by atoms with Crippen LogP contribution in [-0.4, -0.2) is 22.8 Å². The number of carbonyl (C=O) groups is 1. The zero-order chi connectivity index (χ0) is 12.4. The van der Waals surface area contributed by atoms with Gasteiger partial charge in [0.15, 0.2) is 0 Å². The van der Waals surface area contributed by atoms with E-state index in [9.17, 15) is 9.90 Å². The zero-order valence-electron chi connectivity index (χ0n) is 9.21. The van der Waals surface area contributed by atoms with Crippen LogP contribution in [0.1, 0.15) is 18.6 Å². The van der Waals surface area contributed by atoms with Gasteiger partial charge in [0, 0.05) is 22.4 Å². The van der Waals surface area contributed by atoms with Crippen LogP contribution in [0.15, 0.2) is 23.6 Å². The lowest BCUT2D eigenvalue weighted by Crippen LogP contribution is -2.02. The van der Waals surface area contributed by atoms with Crippen molar-refractivity contribution in [3.8, 4) is 5.75 Å². The Morgan fingerprint density at radius 2 is 2.29 bits per heavy atom. The molecule has 17 heavy (non-hydrogen) atoms. The van der Waals surface area contributed by atoms with Crippen molar-refractivity contribution in [3.63, 3.8) is 0 Å². The highest BCUT2D eigenvalue weighted by molar-refractivity contribution is 7.17. The first-order valence-corrected chi connectivity index (χ1v) is 5.98. The van der Waals surface area contributed by atoms with E-state index in [1.165, 1.54) is 18.3 Å². The molecule has 0 aliphatic heterocycles. The predicted molar refractivity (Wildman–Crippen MR) is 65.2 cm³/mol. The van der Waals surface area contributed by atoms with Crippen LogP contribution in [0.3, 0.4) is 0 Å². The number of ether oxygens (including phenoxy) is 1. The molecule has 5 heteroatoms. The number of hydrogen-bond donors (Lipinski definition) is 2. The van der Waals surface area contributed by atoms with E-state index < -0.39 is 6.10 Å². The van der Waals surface area contributed by atoms with Gasteiger partial charge in [-0.3, -0.25) is 4.79 Å². The van der Waals surface area contributed by atoms with Gasteiger partial charge in [-0.1, -0.05) is 6.07 Å². The summed E-state index contributed by atoms with van der Waals surface area (Å²) in [6.45, 7) is 1.04. The van der Waals surface area contributed by atoms with E-state index in [1.807, 2.05) is 0 Å². The molecule has 0 aliphatic rings. The van der Waals surface area contributed by atoms with Crippen LogP contribution in [0, 0.1) is 0 Å². The summed E-state index contributed by atoms with van der Waals surface area (Å²) in [4.78, 5) is 10.9. The average molecular weight is 252 g/mol. The molecule has 2 rings (SSSR count). The van der Waals surface area contributed by atoms with Crippen molar-refractivity contribution in [2.75, 3.05) is 6.61 Å². The summed E-state index contributed by atoms with van der Waals surface area (Å²) in [6, 6.07) is 5.27. The molecule has 0 saturated heterocycles. The zero-order valence-corrected chi connectivity index (χ0v) is 10.0. The standard InChI is InChI=1S/C12H12O4S/c1-7(14)16-11-6-17-12-4-8(10(15)5-13)2-3-9(11)12/h2-4,6,10,13,15H,5H2,1H3. The maximum atomic E-state index is 10.9. The second kappa shape index (κ2) is 4.83. The van der Waals surface area contributed by atoms with Crippen LogP contribution in [0.5, 0.6) is 5.75 Å². The lowest BCUT2D eigenvalue weighted by Gasteiger charge is -2.07. The van der Waals surface area contributed by atoms with E-state index in [0.717, 1.165) is 10.1 Å². The van der Waals surface area contributed by atoms with E-state index in [4.69, 9.17) is 9.84 Å². The van der Waals surface area contributed by atoms with Gasteiger partial charge in [-0.2, -0.15) is 0 Å². The molecule has 0 fully saturated rings. The summed E-state index contributed by atoms with van der Waals surface area (Å²) in [5.41, 5.74) is 0.649. The summed E-state index contributed by atoms with van der Waals surface area (Å²) < 4.78 is 5.96. The minimum Gasteiger partial charge on any atom is -0.425 e. The van der Waals surface area contributed by atoms with Gasteiger partial charge < -0.3 is 14.9 Å². The molecule has 0 aliphatic carbocycles. The van der Waals surface area contributed by atoms with E-state index in [1.54, 1.807) is 23.6 Å². The Morgan fingerprint density at radius 3 is 2.94 bits per heavy atom. The summed E-state index contributed by atoms with van der Waals surface area (Å²) >= 11 is 1.43. The Labute approximate surface area is 102 Å². The van der Waals surface area contributed by atoms with Gasteiger partial charge in [-0.05, 0) is 17.7 Å². The molecule has 0 radical (unpaired) electrons. The van der Waals surface area contributed by atoms with Gasteiger partial charge >= 0.3 is 5.97 Å². The highest BCUT2D eigenvalue weighted by Gasteiger charge is 2.11. The van der Waals surface area contributed by atoms with Crippen LogP contribution < -0.4 is 4.74 Å². The number of aliphatic hydroxyl groups is 2. The smallest absolute Gasteiger partial charge is 0.308 e. The number of aliphatic hydroxyl groups excluding tert-OH is 2. The highest BCUT2D eigenvalue weighted by Crippen LogP contribution is 2.34. The molecule has 90 valence electrons. The highest BCUT2D eigenvalue weighted by atomic mass is 32.1. The van der Waals surface area contributed by atoms with Crippen LogP contribution in [-0.2, 0) is 4.79 Å². The van der Waals surface area contributed by atoms with Gasteiger partial charge in [0.1, 0.15) is 11.9 Å². The second-order valence-electron chi connectivity index (χ2n) is 3.65. The fourth-order valence-electron chi connectivity index (χ4n) is 1.57. The van der Waals surface area contributed by atoms with Crippen molar-refractivity contribution in [2.24, 2.45) is 0 Å². The molecule has 0 amide bonds. The second-order valence-corrected chi connectivity index (χ2v) is 4.56. The summed E-state index contributed by atoms with van der Waals surface area (Å²) in [5.74, 6) is 0.173. The number of fused-ring (bicyclic) bond motifs is 1. The quantitative estimate of drug-likeness (QED) is 0.818. The fraction of sp³-hybridized carbons (Fsp3) is 0.250. The van der Waals surface area contributed by atoms with E-state index >= 15 is 0 Å². The molecule has 1 atom stereocenters. The molecule has 2 N–H and O–H groups in total. The Hall–Kier alpha value is -1.43. The molecule has 0 bridgehead atoms. The topological polar surface area (TPSA) is 66.8 Å². The van der Waals surface area contributed by atoms with Crippen molar-refractivity contribution in [1.82, 2.24) is 0 Å². The summed E-state index contributed by atoms with van der Waals surface area (Å²) in [5, 5.41) is 21.0. The van der Waals surface area contributed by atoms with Gasteiger partial charge in [0.25, 0.3) is 0 Å². The van der Waals surface area contributed by atoms with Gasteiger partial charge in [-0.25, -0.2) is 0 Å². The van der Waals surface area contributed by atoms with Gasteiger partial charge in [0.05, 0.1) is 6.61 Å². The van der Waals surface area contributed by atoms with Crippen LogP contribution in [0.2, 0.25) is 0 Å². The monoisotopic (exact) mass is 252 g/mol. The van der Waals surface area contributed by atoms with E-state index in [2.05, 4.69) is 0 Å². The molecule has 0 spiro atoms. The van der Waals surface area contributed by atoms with Crippen LogP contribution >= 0.6 is 11.3 Å². The van der Waals surface area contributed by atoms with E-state index in [-0.39, 0.29) is 12.6 Å². The van der Waals surface area contributed by atoms with Gasteiger partial charge in [0.2, 0.25) is 0 Å². The molecule has 4 nitrogen and oxygen atoms in total. The third-order valence-electron chi connectivity index (χ3n) is 2.38. The van der Waals surface area contributed by atoms with Crippen molar-refractivity contribution >= 4 is 27.4 Å². The van der Waals surface area contributed by atoms with Crippen molar-refractivity contribution in [1.29, 1.82) is 0 Å². The number of hydrogen-bond acceptors (Lipinski definition) is 5. The largest absolute Gasteiger partial charge is 0.425 e. The molecule has 0 saturated carbocycles. The number of esters is 1. The number of carbonyl (C=O) groups excluding carboxylic acids is 1. The first kappa shape index (κ1) is 12.0. The average Bonchev–Trinajstić information content (AvgIpc) is 2.70. The lowest BCUT2D eigenvalue weighted by atomic mass is 10.1. The molecular weight excluding hydrogens is 240 g/mol. The maximum absolute atomic E-state index is 10.9. The third kappa shape index (κ3) is 2.46. The Balaban J connectivity index is 2.41. The first-order chi connectivity index (χ1) is 8.11. The SMILES string of the molecule is CC(=O)Oc1csc2cc(C(O)CO)ccc12. The minimum atomic E-state index is -0.876. The molecule has 1 heterocycles. The number of thiophene rings is 1. The maximum Gasteiger partial charge on any atom is 0.308 e. The Kier molecular flexibility index (Phi) is 3.42. The third-order valence-corrected chi connectivity index (χ3v) is 3.30. The lowest BCUT2D eigenvalue weighted by molar-refractivity contribution is -0.131. The summed E-state index contributed by atoms with van der Waals surface area (Å²) in [7, 11) is 0. The molecular formula is C12H12O4S. The number of rotatable bonds is 3. The molecule has 1 aromatic heterocycles. The fourth-order valence-corrected chi connectivity index (χ4v) is 2.48. The van der Waals surface area contributed by atoms with Crippen LogP contribution in [0.25, 0.3) is 10.1 Å². The van der Waals surface area contributed by atoms with Crippen LogP contribution in [0.4, 0.5) is 0 Å². The normalized spacial score (nSPS) is 12.6. The van der Waals surface area contributed by atoms with Crippen molar-refractivity contribution in [2.45, 2.75) is 13.0 Å². The van der Waals surface area contributed by atoms with E-state index in [0.29, 0.717) is 11.3 Å². The number of benzene rings is 1. The Morgan fingerprint density at radius 1 is 1.53 bits per heavy atom. The molecule has 1 aromatic carbocycles. The van der Waals surface area contributed by atoms with Crippen molar-refractivity contribution < 1.29 is 19.7 Å².